The van der Waals surface area contributed by atoms with Crippen LogP contribution >= 0.6 is 0 Å². The highest BCUT2D eigenvalue weighted by Crippen LogP contribution is 2.29. The standard InChI is InChI=1S/C17H29NO/c1-5-7-11-18(12-8-6-2)15(4)16-10-9-14(3)13-17(16)19/h9-10,13,15,19H,5-8,11-12H2,1-4H3. The van der Waals surface area contributed by atoms with E-state index in [1.54, 1.807) is 0 Å². The molecule has 1 aromatic rings. The molecular formula is C17H29NO. The molecule has 0 radical (unpaired) electrons. The Morgan fingerprint density at radius 2 is 1.68 bits per heavy atom. The minimum Gasteiger partial charge on any atom is -0.508 e. The van der Waals surface area contributed by atoms with E-state index in [2.05, 4.69) is 37.8 Å². The number of phenolic OH excluding ortho intramolecular Hbond substituents is 1. The molecule has 0 bridgehead atoms. The van der Waals surface area contributed by atoms with Crippen molar-refractivity contribution in [2.24, 2.45) is 0 Å². The summed E-state index contributed by atoms with van der Waals surface area (Å²) in [7, 11) is 0. The Bertz CT molecular complexity index is 368. The molecule has 19 heavy (non-hydrogen) atoms. The van der Waals surface area contributed by atoms with Crippen LogP contribution in [0.5, 0.6) is 5.75 Å². The molecule has 1 atom stereocenters. The summed E-state index contributed by atoms with van der Waals surface area (Å²) in [5.41, 5.74) is 2.17. The van der Waals surface area contributed by atoms with Crippen molar-refractivity contribution in [3.8, 4) is 5.75 Å². The Hall–Kier alpha value is -1.02. The Morgan fingerprint density at radius 1 is 1.11 bits per heavy atom. The largest absolute Gasteiger partial charge is 0.508 e. The van der Waals surface area contributed by atoms with Crippen LogP contribution in [0.25, 0.3) is 0 Å². The van der Waals surface area contributed by atoms with Crippen LogP contribution in [-0.2, 0) is 0 Å². The van der Waals surface area contributed by atoms with Crippen molar-refractivity contribution in [1.82, 2.24) is 4.90 Å². The third kappa shape index (κ3) is 4.87. The molecule has 0 heterocycles. The zero-order valence-corrected chi connectivity index (χ0v) is 12.9. The quantitative estimate of drug-likeness (QED) is 0.737. The van der Waals surface area contributed by atoms with E-state index in [0.717, 1.165) is 24.2 Å². The van der Waals surface area contributed by atoms with Crippen molar-refractivity contribution >= 4 is 0 Å². The van der Waals surface area contributed by atoms with Crippen LogP contribution in [-0.4, -0.2) is 23.1 Å². The average molecular weight is 263 g/mol. The number of benzene rings is 1. The Morgan fingerprint density at radius 3 is 2.16 bits per heavy atom. The Labute approximate surface area is 118 Å². The minimum absolute atomic E-state index is 0.290. The zero-order valence-electron chi connectivity index (χ0n) is 12.9. The van der Waals surface area contributed by atoms with E-state index in [1.807, 2.05) is 13.0 Å². The van der Waals surface area contributed by atoms with Gasteiger partial charge in [-0.1, -0.05) is 38.8 Å². The van der Waals surface area contributed by atoms with Crippen LogP contribution in [0.4, 0.5) is 0 Å². The second kappa shape index (κ2) is 8.21. The number of aryl methyl sites for hydroxylation is 1. The monoisotopic (exact) mass is 263 g/mol. The second-order valence-corrected chi connectivity index (χ2v) is 5.48. The molecule has 0 fully saturated rings. The van der Waals surface area contributed by atoms with Crippen LogP contribution in [0.1, 0.15) is 63.6 Å². The SMILES string of the molecule is CCCCN(CCCC)C(C)c1ccc(C)cc1O. The van der Waals surface area contributed by atoms with Crippen LogP contribution in [0.3, 0.4) is 0 Å². The highest BCUT2D eigenvalue weighted by Gasteiger charge is 2.17. The molecule has 108 valence electrons. The van der Waals surface area contributed by atoms with Gasteiger partial charge in [-0.15, -0.1) is 0 Å². The van der Waals surface area contributed by atoms with Gasteiger partial charge in [-0.2, -0.15) is 0 Å². The molecule has 0 aliphatic rings. The maximum atomic E-state index is 10.1. The zero-order chi connectivity index (χ0) is 14.3. The molecule has 0 spiro atoms. The lowest BCUT2D eigenvalue weighted by atomic mass is 10.0. The highest BCUT2D eigenvalue weighted by molar-refractivity contribution is 5.37. The lowest BCUT2D eigenvalue weighted by molar-refractivity contribution is 0.201. The third-order valence-electron chi connectivity index (χ3n) is 3.78. The van der Waals surface area contributed by atoms with Crippen LogP contribution in [0.2, 0.25) is 0 Å². The van der Waals surface area contributed by atoms with E-state index in [4.69, 9.17) is 0 Å². The fourth-order valence-electron chi connectivity index (χ4n) is 2.43. The first-order valence-corrected chi connectivity index (χ1v) is 7.63. The number of aromatic hydroxyl groups is 1. The van der Waals surface area contributed by atoms with Gasteiger partial charge < -0.3 is 5.11 Å². The van der Waals surface area contributed by atoms with E-state index in [0.29, 0.717) is 11.8 Å². The lowest BCUT2D eigenvalue weighted by Gasteiger charge is -2.30. The van der Waals surface area contributed by atoms with Crippen molar-refractivity contribution in [3.63, 3.8) is 0 Å². The van der Waals surface area contributed by atoms with E-state index < -0.39 is 0 Å². The number of hydrogen-bond donors (Lipinski definition) is 1. The number of nitrogens with zero attached hydrogens (tertiary/aromatic N) is 1. The molecule has 2 heteroatoms. The molecule has 0 saturated carbocycles. The van der Waals surface area contributed by atoms with Crippen LogP contribution in [0, 0.1) is 6.92 Å². The normalized spacial score (nSPS) is 12.9. The summed E-state index contributed by atoms with van der Waals surface area (Å²) >= 11 is 0. The molecule has 1 unspecified atom stereocenters. The summed E-state index contributed by atoms with van der Waals surface area (Å²) in [6, 6.07) is 6.31. The predicted octanol–water partition coefficient (Wildman–Crippen LogP) is 4.66. The van der Waals surface area contributed by atoms with E-state index >= 15 is 0 Å². The molecule has 0 aromatic heterocycles. The van der Waals surface area contributed by atoms with Crippen LogP contribution in [0.15, 0.2) is 18.2 Å². The first-order valence-electron chi connectivity index (χ1n) is 7.63. The lowest BCUT2D eigenvalue weighted by Crippen LogP contribution is -2.29. The molecule has 1 aromatic carbocycles. The van der Waals surface area contributed by atoms with Crippen molar-refractivity contribution < 1.29 is 5.11 Å². The van der Waals surface area contributed by atoms with E-state index in [9.17, 15) is 5.11 Å². The van der Waals surface area contributed by atoms with Gasteiger partial charge in [0.2, 0.25) is 0 Å². The molecule has 1 rings (SSSR count). The maximum Gasteiger partial charge on any atom is 0.120 e. The summed E-state index contributed by atoms with van der Waals surface area (Å²) in [4.78, 5) is 2.50. The fourth-order valence-corrected chi connectivity index (χ4v) is 2.43. The minimum atomic E-state index is 0.290. The molecule has 0 aliphatic heterocycles. The molecule has 0 aliphatic carbocycles. The van der Waals surface area contributed by atoms with Crippen molar-refractivity contribution in [3.05, 3.63) is 29.3 Å². The summed E-state index contributed by atoms with van der Waals surface area (Å²) in [5.74, 6) is 0.436. The first kappa shape index (κ1) is 16.0. The van der Waals surface area contributed by atoms with Crippen molar-refractivity contribution in [2.45, 2.75) is 59.4 Å². The van der Waals surface area contributed by atoms with Gasteiger partial charge in [0.15, 0.2) is 0 Å². The van der Waals surface area contributed by atoms with E-state index in [1.165, 1.54) is 25.7 Å². The van der Waals surface area contributed by atoms with Crippen LogP contribution < -0.4 is 0 Å². The molecule has 0 saturated heterocycles. The number of hydrogen-bond acceptors (Lipinski definition) is 2. The van der Waals surface area contributed by atoms with Crippen molar-refractivity contribution in [2.75, 3.05) is 13.1 Å². The van der Waals surface area contributed by atoms with Gasteiger partial charge in [0.05, 0.1) is 0 Å². The summed E-state index contributed by atoms with van der Waals surface area (Å²) in [6.45, 7) is 10.9. The molecule has 1 N–H and O–H groups in total. The van der Waals surface area contributed by atoms with E-state index in [-0.39, 0.29) is 0 Å². The van der Waals surface area contributed by atoms with Gasteiger partial charge in [-0.3, -0.25) is 4.90 Å². The molecule has 0 amide bonds. The predicted molar refractivity (Wildman–Crippen MR) is 82.6 cm³/mol. The second-order valence-electron chi connectivity index (χ2n) is 5.48. The average Bonchev–Trinajstić information content (AvgIpc) is 2.38. The fraction of sp³-hybridized carbons (Fsp3) is 0.647. The topological polar surface area (TPSA) is 23.5 Å². The Balaban J connectivity index is 2.80. The van der Waals surface area contributed by atoms with Gasteiger partial charge in [0.25, 0.3) is 0 Å². The number of phenols is 1. The summed E-state index contributed by atoms with van der Waals surface area (Å²) in [5, 5.41) is 10.1. The van der Waals surface area contributed by atoms with Gasteiger partial charge in [-0.05, 0) is 51.4 Å². The summed E-state index contributed by atoms with van der Waals surface area (Å²) in [6.07, 6.45) is 4.88. The Kier molecular flexibility index (Phi) is 6.93. The van der Waals surface area contributed by atoms with Gasteiger partial charge >= 0.3 is 0 Å². The maximum absolute atomic E-state index is 10.1. The summed E-state index contributed by atoms with van der Waals surface area (Å²) < 4.78 is 0. The molecule has 2 nitrogen and oxygen atoms in total. The number of unbranched alkanes of at least 4 members (excludes halogenated alkanes) is 2. The van der Waals surface area contributed by atoms with Gasteiger partial charge in [-0.25, -0.2) is 0 Å². The van der Waals surface area contributed by atoms with Gasteiger partial charge in [0, 0.05) is 11.6 Å². The van der Waals surface area contributed by atoms with Gasteiger partial charge in [0.1, 0.15) is 5.75 Å². The number of rotatable bonds is 8. The highest BCUT2D eigenvalue weighted by atomic mass is 16.3. The smallest absolute Gasteiger partial charge is 0.120 e. The van der Waals surface area contributed by atoms with Crippen molar-refractivity contribution in [1.29, 1.82) is 0 Å². The first-order chi connectivity index (χ1) is 9.10. The molecular weight excluding hydrogens is 234 g/mol. The third-order valence-corrected chi connectivity index (χ3v) is 3.78.